The first-order valence-electron chi connectivity index (χ1n) is 6.28. The van der Waals surface area contributed by atoms with Crippen molar-refractivity contribution >= 4 is 23.0 Å². The number of nitrogens with zero attached hydrogens (tertiary/aromatic N) is 2. The summed E-state index contributed by atoms with van der Waals surface area (Å²) in [6.45, 7) is 1.88. The molecule has 2 aromatic rings. The van der Waals surface area contributed by atoms with Crippen molar-refractivity contribution in [1.82, 2.24) is 4.98 Å². The van der Waals surface area contributed by atoms with E-state index in [-0.39, 0.29) is 18.1 Å². The van der Waals surface area contributed by atoms with Crippen LogP contribution < -0.4 is 0 Å². The van der Waals surface area contributed by atoms with E-state index in [9.17, 15) is 14.9 Å². The molecule has 2 rings (SSSR count). The third kappa shape index (κ3) is 3.63. The van der Waals surface area contributed by atoms with Crippen LogP contribution in [0, 0.1) is 17.0 Å². The standard InChI is InChI=1S/C14H14N2O4S/c1-9-3-5-11(16(18)19)7-12(9)14-15-10(8-21-14)4-6-13(17)20-2/h3,5,7-8H,4,6H2,1-2H3. The van der Waals surface area contributed by atoms with Crippen LogP contribution in [0.5, 0.6) is 0 Å². The fourth-order valence-electron chi connectivity index (χ4n) is 1.83. The van der Waals surface area contributed by atoms with Gasteiger partial charge in [0.2, 0.25) is 0 Å². The van der Waals surface area contributed by atoms with Gasteiger partial charge < -0.3 is 4.74 Å². The van der Waals surface area contributed by atoms with Crippen LogP contribution >= 0.6 is 11.3 Å². The summed E-state index contributed by atoms with van der Waals surface area (Å²) in [4.78, 5) is 26.0. The molecule has 1 heterocycles. The zero-order chi connectivity index (χ0) is 15.4. The van der Waals surface area contributed by atoms with Crippen molar-refractivity contribution in [1.29, 1.82) is 0 Å². The van der Waals surface area contributed by atoms with E-state index in [4.69, 9.17) is 0 Å². The minimum Gasteiger partial charge on any atom is -0.469 e. The Bertz CT molecular complexity index is 681. The minimum atomic E-state index is -0.422. The molecule has 0 radical (unpaired) electrons. The Hall–Kier alpha value is -2.28. The number of hydrogen-bond acceptors (Lipinski definition) is 6. The molecule has 0 aliphatic heterocycles. The Labute approximate surface area is 125 Å². The first-order chi connectivity index (χ1) is 10.0. The summed E-state index contributed by atoms with van der Waals surface area (Å²) in [6, 6.07) is 4.71. The molecule has 7 heteroatoms. The lowest BCUT2D eigenvalue weighted by Gasteiger charge is -2.02. The van der Waals surface area contributed by atoms with Crippen LogP contribution in [-0.2, 0) is 16.0 Å². The number of benzene rings is 1. The molecule has 0 unspecified atom stereocenters. The molecule has 0 amide bonds. The van der Waals surface area contributed by atoms with Crippen molar-refractivity contribution < 1.29 is 14.5 Å². The molecule has 21 heavy (non-hydrogen) atoms. The highest BCUT2D eigenvalue weighted by molar-refractivity contribution is 7.13. The average Bonchev–Trinajstić information content (AvgIpc) is 2.93. The number of aromatic nitrogens is 1. The summed E-state index contributed by atoms with van der Waals surface area (Å²) in [6.07, 6.45) is 0.769. The maximum absolute atomic E-state index is 11.1. The summed E-state index contributed by atoms with van der Waals surface area (Å²) in [7, 11) is 1.35. The molecule has 0 spiro atoms. The second-order valence-electron chi connectivity index (χ2n) is 4.48. The molecule has 0 saturated heterocycles. The molecule has 0 aliphatic carbocycles. The highest BCUT2D eigenvalue weighted by Crippen LogP contribution is 2.30. The first-order valence-corrected chi connectivity index (χ1v) is 7.16. The Balaban J connectivity index is 2.23. The fraction of sp³-hybridized carbons (Fsp3) is 0.286. The Kier molecular flexibility index (Phi) is 4.64. The Morgan fingerprint density at radius 2 is 2.24 bits per heavy atom. The lowest BCUT2D eigenvalue weighted by molar-refractivity contribution is -0.384. The number of carbonyl (C=O) groups excluding carboxylic acids is 1. The largest absolute Gasteiger partial charge is 0.469 e. The van der Waals surface area contributed by atoms with Gasteiger partial charge in [-0.25, -0.2) is 4.98 Å². The minimum absolute atomic E-state index is 0.0434. The van der Waals surface area contributed by atoms with E-state index in [0.717, 1.165) is 21.8 Å². The van der Waals surface area contributed by atoms with Gasteiger partial charge in [-0.2, -0.15) is 0 Å². The topological polar surface area (TPSA) is 82.3 Å². The molecule has 0 fully saturated rings. The van der Waals surface area contributed by atoms with E-state index in [1.54, 1.807) is 6.07 Å². The average molecular weight is 306 g/mol. The molecule has 0 atom stereocenters. The van der Waals surface area contributed by atoms with Crippen molar-refractivity contribution in [3.8, 4) is 10.6 Å². The molecule has 110 valence electrons. The molecular formula is C14H14N2O4S. The highest BCUT2D eigenvalue weighted by Gasteiger charge is 2.13. The van der Waals surface area contributed by atoms with Gasteiger partial charge in [0.15, 0.2) is 0 Å². The van der Waals surface area contributed by atoms with Gasteiger partial charge in [0.05, 0.1) is 24.1 Å². The molecule has 0 bridgehead atoms. The lowest BCUT2D eigenvalue weighted by atomic mass is 10.1. The van der Waals surface area contributed by atoms with E-state index in [1.165, 1.54) is 30.6 Å². The van der Waals surface area contributed by atoms with Crippen molar-refractivity contribution in [2.45, 2.75) is 19.8 Å². The number of thiazole rings is 1. The van der Waals surface area contributed by atoms with Crippen molar-refractivity contribution in [3.05, 3.63) is 45.0 Å². The third-order valence-electron chi connectivity index (χ3n) is 3.03. The number of hydrogen-bond donors (Lipinski definition) is 0. The van der Waals surface area contributed by atoms with Crippen LogP contribution in [0.2, 0.25) is 0 Å². The Morgan fingerprint density at radius 3 is 2.90 bits per heavy atom. The quantitative estimate of drug-likeness (QED) is 0.481. The predicted molar refractivity (Wildman–Crippen MR) is 79.3 cm³/mol. The normalized spacial score (nSPS) is 10.4. The van der Waals surface area contributed by atoms with E-state index in [1.807, 2.05) is 12.3 Å². The zero-order valence-corrected chi connectivity index (χ0v) is 12.5. The van der Waals surface area contributed by atoms with Gasteiger partial charge in [0.25, 0.3) is 5.69 Å². The van der Waals surface area contributed by atoms with Crippen LogP contribution in [0.25, 0.3) is 10.6 Å². The van der Waals surface area contributed by atoms with E-state index in [0.29, 0.717) is 6.42 Å². The van der Waals surface area contributed by atoms with Gasteiger partial charge in [0.1, 0.15) is 5.01 Å². The molecule has 6 nitrogen and oxygen atoms in total. The summed E-state index contributed by atoms with van der Waals surface area (Å²) in [5, 5.41) is 13.4. The molecule has 1 aromatic heterocycles. The molecule has 0 aliphatic rings. The van der Waals surface area contributed by atoms with Gasteiger partial charge in [0, 0.05) is 29.5 Å². The number of non-ortho nitro benzene ring substituents is 1. The van der Waals surface area contributed by atoms with Crippen LogP contribution in [0.4, 0.5) is 5.69 Å². The number of esters is 1. The van der Waals surface area contributed by atoms with Crippen molar-refractivity contribution in [2.24, 2.45) is 0 Å². The summed E-state index contributed by atoms with van der Waals surface area (Å²) >= 11 is 1.41. The van der Waals surface area contributed by atoms with Crippen LogP contribution in [0.3, 0.4) is 0 Å². The number of rotatable bonds is 5. The predicted octanol–water partition coefficient (Wildman–Crippen LogP) is 3.13. The Morgan fingerprint density at radius 1 is 1.48 bits per heavy atom. The van der Waals surface area contributed by atoms with E-state index in [2.05, 4.69) is 9.72 Å². The maximum atomic E-state index is 11.1. The number of aryl methyl sites for hydroxylation is 2. The zero-order valence-electron chi connectivity index (χ0n) is 11.7. The van der Waals surface area contributed by atoms with Crippen LogP contribution in [0.15, 0.2) is 23.6 Å². The van der Waals surface area contributed by atoms with Gasteiger partial charge in [-0.15, -0.1) is 11.3 Å². The first kappa shape index (κ1) is 15.1. The van der Waals surface area contributed by atoms with Gasteiger partial charge in [-0.1, -0.05) is 6.07 Å². The van der Waals surface area contributed by atoms with Crippen molar-refractivity contribution in [3.63, 3.8) is 0 Å². The summed E-state index contributed by atoms with van der Waals surface area (Å²) in [5.41, 5.74) is 2.50. The monoisotopic (exact) mass is 306 g/mol. The number of nitro benzene ring substituents is 1. The van der Waals surface area contributed by atoms with Crippen LogP contribution in [0.1, 0.15) is 17.7 Å². The SMILES string of the molecule is COC(=O)CCc1csc(-c2cc([N+](=O)[O-])ccc2C)n1. The summed E-state index contributed by atoms with van der Waals surface area (Å²) < 4.78 is 4.59. The van der Waals surface area contributed by atoms with Crippen molar-refractivity contribution in [2.75, 3.05) is 7.11 Å². The van der Waals surface area contributed by atoms with Gasteiger partial charge in [-0.3, -0.25) is 14.9 Å². The number of ether oxygens (including phenoxy) is 1. The molecular weight excluding hydrogens is 292 g/mol. The van der Waals surface area contributed by atoms with E-state index >= 15 is 0 Å². The molecule has 0 N–H and O–H groups in total. The van der Waals surface area contributed by atoms with E-state index < -0.39 is 4.92 Å². The smallest absolute Gasteiger partial charge is 0.305 e. The van der Waals surface area contributed by atoms with Gasteiger partial charge in [-0.05, 0) is 12.5 Å². The second kappa shape index (κ2) is 6.45. The number of carbonyl (C=O) groups is 1. The molecule has 0 saturated carbocycles. The fourth-order valence-corrected chi connectivity index (χ4v) is 2.77. The lowest BCUT2D eigenvalue weighted by Crippen LogP contribution is -2.02. The third-order valence-corrected chi connectivity index (χ3v) is 3.95. The second-order valence-corrected chi connectivity index (χ2v) is 5.33. The number of nitro groups is 1. The highest BCUT2D eigenvalue weighted by atomic mass is 32.1. The summed E-state index contributed by atoms with van der Waals surface area (Å²) in [5.74, 6) is -0.281. The van der Waals surface area contributed by atoms with Crippen LogP contribution in [-0.4, -0.2) is 23.0 Å². The maximum Gasteiger partial charge on any atom is 0.305 e. The molecule has 1 aromatic carbocycles. The number of methoxy groups -OCH3 is 1. The van der Waals surface area contributed by atoms with Gasteiger partial charge >= 0.3 is 5.97 Å².